The van der Waals surface area contributed by atoms with Gasteiger partial charge in [0.15, 0.2) is 6.61 Å². The third kappa shape index (κ3) is 3.79. The number of aromatic amines is 1. The minimum absolute atomic E-state index is 0.121. The van der Waals surface area contributed by atoms with E-state index in [4.69, 9.17) is 9.15 Å². The van der Waals surface area contributed by atoms with Crippen LogP contribution in [0.4, 0.5) is 0 Å². The summed E-state index contributed by atoms with van der Waals surface area (Å²) in [6, 6.07) is 11.2. The van der Waals surface area contributed by atoms with E-state index >= 15 is 0 Å². The molecule has 0 saturated carbocycles. The summed E-state index contributed by atoms with van der Waals surface area (Å²) in [6.07, 6.45) is 3.43. The monoisotopic (exact) mass is 312 g/mol. The van der Waals surface area contributed by atoms with E-state index in [1.165, 1.54) is 6.26 Å². The Morgan fingerprint density at radius 3 is 2.87 bits per heavy atom. The Bertz CT molecular complexity index is 805. The lowest BCUT2D eigenvalue weighted by Gasteiger charge is -2.05. The molecule has 2 heterocycles. The summed E-state index contributed by atoms with van der Waals surface area (Å²) < 4.78 is 10.1. The molecule has 0 saturated heterocycles. The number of rotatable bonds is 6. The molecule has 2 aromatic heterocycles. The van der Waals surface area contributed by atoms with Crippen molar-refractivity contribution in [1.29, 1.82) is 0 Å². The normalized spacial score (nSPS) is 10.6. The van der Waals surface area contributed by atoms with Gasteiger partial charge in [-0.3, -0.25) is 9.59 Å². The average Bonchev–Trinajstić information content (AvgIpc) is 3.21. The highest BCUT2D eigenvalue weighted by atomic mass is 16.5. The summed E-state index contributed by atoms with van der Waals surface area (Å²) in [5.74, 6) is -0.167. The second kappa shape index (κ2) is 6.83. The highest BCUT2D eigenvalue weighted by Crippen LogP contribution is 2.18. The zero-order valence-electron chi connectivity index (χ0n) is 12.4. The molecule has 0 bridgehead atoms. The van der Waals surface area contributed by atoms with Gasteiger partial charge in [0.1, 0.15) is 5.76 Å². The van der Waals surface area contributed by atoms with Gasteiger partial charge in [-0.25, -0.2) is 0 Å². The second-order valence-corrected chi connectivity index (χ2v) is 5.05. The van der Waals surface area contributed by atoms with Gasteiger partial charge in [-0.05, 0) is 23.8 Å². The van der Waals surface area contributed by atoms with Crippen molar-refractivity contribution in [3.63, 3.8) is 0 Å². The number of aromatic nitrogens is 1. The molecule has 0 aliphatic rings. The Morgan fingerprint density at radius 2 is 2.04 bits per heavy atom. The van der Waals surface area contributed by atoms with Crippen LogP contribution >= 0.6 is 0 Å². The van der Waals surface area contributed by atoms with E-state index in [-0.39, 0.29) is 25.5 Å². The van der Waals surface area contributed by atoms with E-state index in [2.05, 4.69) is 10.3 Å². The van der Waals surface area contributed by atoms with Gasteiger partial charge in [0.25, 0.3) is 5.91 Å². The molecule has 3 rings (SSSR count). The predicted molar refractivity (Wildman–Crippen MR) is 83.5 cm³/mol. The van der Waals surface area contributed by atoms with Gasteiger partial charge in [-0.1, -0.05) is 18.2 Å². The van der Waals surface area contributed by atoms with Crippen LogP contribution in [0.5, 0.6) is 0 Å². The fourth-order valence-electron chi connectivity index (χ4n) is 2.28. The van der Waals surface area contributed by atoms with E-state index in [0.717, 1.165) is 16.5 Å². The molecule has 6 nitrogen and oxygen atoms in total. The lowest BCUT2D eigenvalue weighted by molar-refractivity contribution is -0.147. The molecule has 0 spiro atoms. The largest absolute Gasteiger partial charge is 0.467 e. The van der Waals surface area contributed by atoms with Gasteiger partial charge in [-0.2, -0.15) is 0 Å². The quantitative estimate of drug-likeness (QED) is 0.683. The van der Waals surface area contributed by atoms with Crippen LogP contribution < -0.4 is 5.32 Å². The number of carbonyl (C=O) groups is 2. The fraction of sp³-hybridized carbons (Fsp3) is 0.176. The van der Waals surface area contributed by atoms with Crippen molar-refractivity contribution in [3.05, 3.63) is 60.2 Å². The van der Waals surface area contributed by atoms with Crippen LogP contribution in [0.15, 0.2) is 53.3 Å². The Morgan fingerprint density at radius 1 is 1.17 bits per heavy atom. The zero-order chi connectivity index (χ0) is 16.1. The first-order chi connectivity index (χ1) is 11.2. The Hall–Kier alpha value is -3.02. The van der Waals surface area contributed by atoms with Crippen molar-refractivity contribution in [2.45, 2.75) is 13.0 Å². The van der Waals surface area contributed by atoms with Crippen molar-refractivity contribution in [1.82, 2.24) is 10.3 Å². The number of esters is 1. The number of hydrogen-bond acceptors (Lipinski definition) is 4. The lowest BCUT2D eigenvalue weighted by Crippen LogP contribution is -2.28. The Balaban J connectivity index is 1.47. The Kier molecular flexibility index (Phi) is 4.42. The van der Waals surface area contributed by atoms with Crippen LogP contribution in [0.25, 0.3) is 10.9 Å². The summed E-state index contributed by atoms with van der Waals surface area (Å²) in [6.45, 7) is -0.0340. The first-order valence-electron chi connectivity index (χ1n) is 7.22. The van der Waals surface area contributed by atoms with E-state index in [0.29, 0.717) is 5.76 Å². The number of H-pyrrole nitrogens is 1. The van der Waals surface area contributed by atoms with Crippen molar-refractivity contribution in [2.75, 3.05) is 6.61 Å². The first kappa shape index (κ1) is 14.9. The maximum atomic E-state index is 11.9. The molecule has 0 aliphatic heterocycles. The van der Waals surface area contributed by atoms with Crippen molar-refractivity contribution < 1.29 is 18.7 Å². The maximum Gasteiger partial charge on any atom is 0.310 e. The van der Waals surface area contributed by atoms with E-state index < -0.39 is 5.97 Å². The number of benzene rings is 1. The molecule has 0 unspecified atom stereocenters. The standard InChI is InChI=1S/C17H16N2O4/c20-16(19-10-13-4-3-7-22-13)11-23-17(21)8-12-9-18-15-6-2-1-5-14(12)15/h1-7,9,18H,8,10-11H2,(H,19,20). The van der Waals surface area contributed by atoms with Crippen LogP contribution in [0.2, 0.25) is 0 Å². The van der Waals surface area contributed by atoms with Crippen LogP contribution in [-0.4, -0.2) is 23.5 Å². The number of ether oxygens (including phenoxy) is 1. The van der Waals surface area contributed by atoms with E-state index in [9.17, 15) is 9.59 Å². The maximum absolute atomic E-state index is 11.9. The molecular formula is C17H16N2O4. The van der Waals surface area contributed by atoms with E-state index in [1.807, 2.05) is 24.3 Å². The molecule has 23 heavy (non-hydrogen) atoms. The molecule has 0 fully saturated rings. The minimum atomic E-state index is -0.442. The predicted octanol–water partition coefficient (Wildman–Crippen LogP) is 2.16. The van der Waals surface area contributed by atoms with Crippen LogP contribution in [0.1, 0.15) is 11.3 Å². The van der Waals surface area contributed by atoms with Crippen molar-refractivity contribution in [3.8, 4) is 0 Å². The fourth-order valence-corrected chi connectivity index (χ4v) is 2.28. The summed E-state index contributed by atoms with van der Waals surface area (Å²) in [4.78, 5) is 26.6. The molecule has 1 aromatic carbocycles. The van der Waals surface area contributed by atoms with Crippen LogP contribution in [-0.2, 0) is 27.3 Å². The molecule has 6 heteroatoms. The minimum Gasteiger partial charge on any atom is -0.467 e. The van der Waals surface area contributed by atoms with Crippen LogP contribution in [0, 0.1) is 0 Å². The molecule has 2 N–H and O–H groups in total. The third-order valence-corrected chi connectivity index (χ3v) is 3.41. The number of furan rings is 1. The SMILES string of the molecule is O=C(COC(=O)Cc1c[nH]c2ccccc12)NCc1ccco1. The van der Waals surface area contributed by atoms with Gasteiger partial charge in [0.05, 0.1) is 19.2 Å². The van der Waals surface area contributed by atoms with Gasteiger partial charge in [-0.15, -0.1) is 0 Å². The molecule has 118 valence electrons. The van der Waals surface area contributed by atoms with Gasteiger partial charge in [0, 0.05) is 17.1 Å². The summed E-state index contributed by atoms with van der Waals surface area (Å²) in [5, 5.41) is 3.59. The molecule has 0 atom stereocenters. The number of fused-ring (bicyclic) bond motifs is 1. The first-order valence-corrected chi connectivity index (χ1v) is 7.22. The number of amides is 1. The lowest BCUT2D eigenvalue weighted by atomic mass is 10.1. The smallest absolute Gasteiger partial charge is 0.310 e. The molecule has 0 radical (unpaired) electrons. The highest BCUT2D eigenvalue weighted by Gasteiger charge is 2.11. The highest BCUT2D eigenvalue weighted by molar-refractivity contribution is 5.88. The van der Waals surface area contributed by atoms with Gasteiger partial charge >= 0.3 is 5.97 Å². The third-order valence-electron chi connectivity index (χ3n) is 3.41. The molecular weight excluding hydrogens is 296 g/mol. The van der Waals surface area contributed by atoms with Gasteiger partial charge in [0.2, 0.25) is 0 Å². The summed E-state index contributed by atoms with van der Waals surface area (Å²) >= 11 is 0. The summed E-state index contributed by atoms with van der Waals surface area (Å²) in [7, 11) is 0. The zero-order valence-corrected chi connectivity index (χ0v) is 12.4. The topological polar surface area (TPSA) is 84.3 Å². The van der Waals surface area contributed by atoms with Crippen LogP contribution in [0.3, 0.4) is 0 Å². The van der Waals surface area contributed by atoms with Crippen molar-refractivity contribution >= 4 is 22.8 Å². The number of carbonyl (C=O) groups excluding carboxylic acids is 2. The number of hydrogen-bond donors (Lipinski definition) is 2. The molecule has 0 aliphatic carbocycles. The average molecular weight is 312 g/mol. The Labute approximate surface area is 132 Å². The molecule has 3 aromatic rings. The molecule has 1 amide bonds. The summed E-state index contributed by atoms with van der Waals surface area (Å²) in [5.41, 5.74) is 1.81. The number of para-hydroxylation sites is 1. The number of nitrogens with one attached hydrogen (secondary N) is 2. The van der Waals surface area contributed by atoms with Crippen molar-refractivity contribution in [2.24, 2.45) is 0 Å². The second-order valence-electron chi connectivity index (χ2n) is 5.05. The van der Waals surface area contributed by atoms with E-state index in [1.54, 1.807) is 18.3 Å². The van der Waals surface area contributed by atoms with Gasteiger partial charge < -0.3 is 19.5 Å².